The smallest absolute Gasteiger partial charge is 0.316 e. The summed E-state index contributed by atoms with van der Waals surface area (Å²) in [6.45, 7) is 4.25. The van der Waals surface area contributed by atoms with Crippen molar-refractivity contribution in [3.63, 3.8) is 0 Å². The van der Waals surface area contributed by atoms with E-state index >= 15 is 0 Å². The summed E-state index contributed by atoms with van der Waals surface area (Å²) in [4.78, 5) is 27.7. The van der Waals surface area contributed by atoms with Gasteiger partial charge in [-0.25, -0.2) is 4.79 Å². The molecule has 0 aliphatic carbocycles. The molecule has 2 aromatic carbocycles. The predicted molar refractivity (Wildman–Crippen MR) is 102 cm³/mol. The Bertz CT molecular complexity index is 738. The molecule has 136 valence electrons. The molecule has 0 saturated carbocycles. The number of carbonyl (C=O) groups is 2. The van der Waals surface area contributed by atoms with Crippen LogP contribution in [0.3, 0.4) is 0 Å². The Balaban J connectivity index is 1.48. The van der Waals surface area contributed by atoms with E-state index in [0.29, 0.717) is 11.3 Å². The van der Waals surface area contributed by atoms with Crippen molar-refractivity contribution < 1.29 is 9.59 Å². The molecule has 1 fully saturated rings. The van der Waals surface area contributed by atoms with Crippen molar-refractivity contribution in [1.29, 1.82) is 0 Å². The van der Waals surface area contributed by atoms with Crippen molar-refractivity contribution in [2.75, 3.05) is 38.0 Å². The number of carbonyl (C=O) groups excluding carboxylic acids is 2. The first-order chi connectivity index (χ1) is 12.6. The highest BCUT2D eigenvalue weighted by Gasteiger charge is 2.21. The van der Waals surface area contributed by atoms with E-state index in [0.717, 1.165) is 39.1 Å². The molecule has 0 atom stereocenters. The normalized spacial score (nSPS) is 14.8. The number of primary amides is 1. The Kier molecular flexibility index (Phi) is 5.86. The van der Waals surface area contributed by atoms with Gasteiger partial charge >= 0.3 is 6.03 Å². The molecular weight excluding hydrogens is 328 g/mol. The number of anilines is 1. The predicted octanol–water partition coefficient (Wildman–Crippen LogP) is 2.18. The highest BCUT2D eigenvalue weighted by atomic mass is 16.2. The Morgan fingerprint density at radius 2 is 1.58 bits per heavy atom. The van der Waals surface area contributed by atoms with Crippen LogP contribution >= 0.6 is 0 Å². The third-order valence-corrected chi connectivity index (χ3v) is 4.62. The molecule has 2 aromatic rings. The summed E-state index contributed by atoms with van der Waals surface area (Å²) in [6.07, 6.45) is 1.03. The van der Waals surface area contributed by atoms with Gasteiger partial charge in [0.2, 0.25) is 0 Å². The summed E-state index contributed by atoms with van der Waals surface area (Å²) < 4.78 is 0. The molecule has 1 heterocycles. The number of amides is 3. The van der Waals surface area contributed by atoms with Crippen LogP contribution in [0.2, 0.25) is 0 Å². The Morgan fingerprint density at radius 1 is 0.923 bits per heavy atom. The minimum Gasteiger partial charge on any atom is -0.351 e. The Morgan fingerprint density at radius 3 is 2.19 bits per heavy atom. The van der Waals surface area contributed by atoms with Crippen molar-refractivity contribution in [2.45, 2.75) is 6.42 Å². The molecule has 1 saturated heterocycles. The second-order valence-corrected chi connectivity index (χ2v) is 6.44. The van der Waals surface area contributed by atoms with Gasteiger partial charge in [-0.3, -0.25) is 9.69 Å². The lowest BCUT2D eigenvalue weighted by Gasteiger charge is -2.34. The van der Waals surface area contributed by atoms with Gasteiger partial charge in [-0.2, -0.15) is 0 Å². The minimum absolute atomic E-state index is 0.0262. The third kappa shape index (κ3) is 4.83. The van der Waals surface area contributed by atoms with Gasteiger partial charge in [0.25, 0.3) is 5.91 Å². The van der Waals surface area contributed by atoms with Gasteiger partial charge in [0, 0.05) is 44.0 Å². The number of nitrogens with two attached hydrogens (primary N) is 1. The van der Waals surface area contributed by atoms with Gasteiger partial charge in [-0.1, -0.05) is 30.3 Å². The van der Waals surface area contributed by atoms with Gasteiger partial charge in [0.15, 0.2) is 0 Å². The van der Waals surface area contributed by atoms with Crippen LogP contribution in [0.15, 0.2) is 54.6 Å². The van der Waals surface area contributed by atoms with E-state index in [1.165, 1.54) is 5.56 Å². The molecule has 1 aliphatic heterocycles. The van der Waals surface area contributed by atoms with Gasteiger partial charge in [-0.05, 0) is 36.2 Å². The lowest BCUT2D eigenvalue weighted by atomic mass is 10.1. The molecule has 0 unspecified atom stereocenters. The second kappa shape index (κ2) is 8.49. The standard InChI is InChI=1S/C20H24N4O2/c21-20(26)22-18-8-6-17(7-9-18)19(25)24-14-12-23(13-15-24)11-10-16-4-2-1-3-5-16/h1-9H,10-15H2,(H3,21,22,26). The molecule has 3 amide bonds. The lowest BCUT2D eigenvalue weighted by Crippen LogP contribution is -2.49. The van der Waals surface area contributed by atoms with Crippen molar-refractivity contribution in [1.82, 2.24) is 9.80 Å². The van der Waals surface area contributed by atoms with Crippen molar-refractivity contribution in [2.24, 2.45) is 5.73 Å². The number of benzene rings is 2. The molecule has 0 bridgehead atoms. The molecule has 0 spiro atoms. The summed E-state index contributed by atoms with van der Waals surface area (Å²) >= 11 is 0. The fourth-order valence-corrected chi connectivity index (χ4v) is 3.13. The average Bonchev–Trinajstić information content (AvgIpc) is 2.67. The first-order valence-electron chi connectivity index (χ1n) is 8.84. The molecule has 3 rings (SSSR count). The van der Waals surface area contributed by atoms with Gasteiger partial charge in [0.05, 0.1) is 0 Å². The van der Waals surface area contributed by atoms with Gasteiger partial charge < -0.3 is 16.0 Å². The molecule has 0 radical (unpaired) electrons. The number of rotatable bonds is 5. The highest BCUT2D eigenvalue weighted by molar-refractivity contribution is 5.95. The van der Waals surface area contributed by atoms with Gasteiger partial charge in [0.1, 0.15) is 0 Å². The maximum atomic E-state index is 12.6. The average molecular weight is 352 g/mol. The van der Waals surface area contributed by atoms with E-state index in [9.17, 15) is 9.59 Å². The lowest BCUT2D eigenvalue weighted by molar-refractivity contribution is 0.0638. The number of piperazine rings is 1. The van der Waals surface area contributed by atoms with E-state index < -0.39 is 6.03 Å². The van der Waals surface area contributed by atoms with Crippen LogP contribution in [-0.4, -0.2) is 54.5 Å². The van der Waals surface area contributed by atoms with E-state index in [2.05, 4.69) is 34.5 Å². The SMILES string of the molecule is NC(=O)Nc1ccc(C(=O)N2CCN(CCc3ccccc3)CC2)cc1. The summed E-state index contributed by atoms with van der Waals surface area (Å²) in [7, 11) is 0. The monoisotopic (exact) mass is 352 g/mol. The minimum atomic E-state index is -0.615. The van der Waals surface area contributed by atoms with Crippen molar-refractivity contribution >= 4 is 17.6 Å². The summed E-state index contributed by atoms with van der Waals surface area (Å²) in [6, 6.07) is 16.7. The molecule has 1 aliphatic rings. The molecule has 0 aromatic heterocycles. The largest absolute Gasteiger partial charge is 0.351 e. The van der Waals surface area contributed by atoms with Crippen molar-refractivity contribution in [3.05, 3.63) is 65.7 Å². The number of nitrogens with one attached hydrogen (secondary N) is 1. The quantitative estimate of drug-likeness (QED) is 0.866. The third-order valence-electron chi connectivity index (χ3n) is 4.62. The molecule has 3 N–H and O–H groups in total. The zero-order valence-corrected chi connectivity index (χ0v) is 14.7. The number of nitrogens with zero attached hydrogens (tertiary/aromatic N) is 2. The van der Waals surface area contributed by atoms with E-state index in [1.807, 2.05) is 11.0 Å². The Labute approximate surface area is 153 Å². The highest BCUT2D eigenvalue weighted by Crippen LogP contribution is 2.13. The van der Waals surface area contributed by atoms with Crippen molar-refractivity contribution in [3.8, 4) is 0 Å². The molecule has 6 nitrogen and oxygen atoms in total. The molecule has 26 heavy (non-hydrogen) atoms. The zero-order chi connectivity index (χ0) is 18.4. The summed E-state index contributed by atoms with van der Waals surface area (Å²) in [5.41, 5.74) is 7.63. The van der Waals surface area contributed by atoms with E-state index in [4.69, 9.17) is 5.73 Å². The maximum Gasteiger partial charge on any atom is 0.316 e. The van der Waals surface area contributed by atoms with E-state index in [1.54, 1.807) is 24.3 Å². The molecule has 6 heteroatoms. The zero-order valence-electron chi connectivity index (χ0n) is 14.7. The number of hydrogen-bond donors (Lipinski definition) is 2. The van der Waals surface area contributed by atoms with Crippen LogP contribution in [0.25, 0.3) is 0 Å². The van der Waals surface area contributed by atoms with Gasteiger partial charge in [-0.15, -0.1) is 0 Å². The maximum absolute atomic E-state index is 12.6. The number of hydrogen-bond acceptors (Lipinski definition) is 3. The van der Waals surface area contributed by atoms with Crippen LogP contribution in [-0.2, 0) is 6.42 Å². The second-order valence-electron chi connectivity index (χ2n) is 6.44. The molecular formula is C20H24N4O2. The fourth-order valence-electron chi connectivity index (χ4n) is 3.13. The summed E-state index contributed by atoms with van der Waals surface area (Å²) in [5.74, 6) is 0.0262. The van der Waals surface area contributed by atoms with Crippen LogP contribution in [0.5, 0.6) is 0 Å². The van der Waals surface area contributed by atoms with E-state index in [-0.39, 0.29) is 5.91 Å². The van der Waals surface area contributed by atoms with Crippen LogP contribution in [0.4, 0.5) is 10.5 Å². The van der Waals surface area contributed by atoms with Crippen LogP contribution in [0, 0.1) is 0 Å². The topological polar surface area (TPSA) is 78.7 Å². The van der Waals surface area contributed by atoms with Crippen LogP contribution < -0.4 is 11.1 Å². The summed E-state index contributed by atoms with van der Waals surface area (Å²) in [5, 5.41) is 2.49. The number of urea groups is 1. The first-order valence-corrected chi connectivity index (χ1v) is 8.84. The van der Waals surface area contributed by atoms with Crippen LogP contribution in [0.1, 0.15) is 15.9 Å². The Hall–Kier alpha value is -2.86. The fraction of sp³-hybridized carbons (Fsp3) is 0.300. The first kappa shape index (κ1) is 17.9.